The fourth-order valence-electron chi connectivity index (χ4n) is 1.40. The van der Waals surface area contributed by atoms with E-state index >= 15 is 0 Å². The number of halogens is 1. The molecule has 2 aromatic rings. The van der Waals surface area contributed by atoms with Crippen molar-refractivity contribution in [1.82, 2.24) is 4.57 Å². The number of aromatic nitrogens is 1. The quantitative estimate of drug-likeness (QED) is 0.806. The maximum Gasteiger partial charge on any atom is 0.255 e. The van der Waals surface area contributed by atoms with Gasteiger partial charge in [0.15, 0.2) is 0 Å². The van der Waals surface area contributed by atoms with Crippen molar-refractivity contribution < 1.29 is 0 Å². The van der Waals surface area contributed by atoms with Crippen LogP contribution in [0.15, 0.2) is 47.4 Å². The fraction of sp³-hybridized carbons (Fsp3) is 0. The molecular formula is C11H9ClN2OS. The van der Waals surface area contributed by atoms with Crippen molar-refractivity contribution in [3.05, 3.63) is 58.0 Å². The van der Waals surface area contributed by atoms with Gasteiger partial charge >= 0.3 is 0 Å². The van der Waals surface area contributed by atoms with Crippen molar-refractivity contribution in [2.24, 2.45) is 0 Å². The Hall–Kier alpha value is -1.39. The second kappa shape index (κ2) is 4.63. The molecule has 0 radical (unpaired) electrons. The van der Waals surface area contributed by atoms with E-state index in [4.69, 9.17) is 11.6 Å². The van der Waals surface area contributed by atoms with Crippen LogP contribution < -0.4 is 10.3 Å². The lowest BCUT2D eigenvalue weighted by Crippen LogP contribution is -2.15. The number of nitrogens with zero attached hydrogens (tertiary/aromatic N) is 1. The number of nitrogens with one attached hydrogen (secondary N) is 1. The Balaban J connectivity index is 2.57. The topological polar surface area (TPSA) is 34.0 Å². The molecule has 0 aliphatic rings. The lowest BCUT2D eigenvalue weighted by Gasteiger charge is -2.08. The molecule has 2 rings (SSSR count). The number of anilines is 1. The van der Waals surface area contributed by atoms with E-state index in [0.717, 1.165) is 5.69 Å². The van der Waals surface area contributed by atoms with Crippen molar-refractivity contribution in [3.8, 4) is 5.69 Å². The molecule has 0 aliphatic carbocycles. The van der Waals surface area contributed by atoms with Crippen LogP contribution in [0, 0.1) is 0 Å². The molecular weight excluding hydrogens is 244 g/mol. The van der Waals surface area contributed by atoms with E-state index in [-0.39, 0.29) is 5.56 Å². The van der Waals surface area contributed by atoms with Gasteiger partial charge in [-0.05, 0) is 24.3 Å². The molecule has 16 heavy (non-hydrogen) atoms. The largest absolute Gasteiger partial charge is 0.332 e. The predicted molar refractivity (Wildman–Crippen MR) is 69.7 cm³/mol. The molecule has 3 nitrogen and oxygen atoms in total. The normalized spacial score (nSPS) is 10.1. The van der Waals surface area contributed by atoms with E-state index in [0.29, 0.717) is 10.7 Å². The zero-order valence-electron chi connectivity index (χ0n) is 8.22. The van der Waals surface area contributed by atoms with E-state index in [9.17, 15) is 4.79 Å². The number of hydrogen-bond donors (Lipinski definition) is 2. The van der Waals surface area contributed by atoms with Gasteiger partial charge in [0.05, 0.1) is 10.7 Å². The van der Waals surface area contributed by atoms with Crippen LogP contribution in [0.4, 0.5) is 5.69 Å². The van der Waals surface area contributed by atoms with Gasteiger partial charge in [-0.3, -0.25) is 9.36 Å². The highest BCUT2D eigenvalue weighted by atomic mass is 35.5. The summed E-state index contributed by atoms with van der Waals surface area (Å²) in [6.45, 7) is 0. The molecule has 0 saturated heterocycles. The summed E-state index contributed by atoms with van der Waals surface area (Å²) in [5.41, 5.74) is 1.32. The Bertz CT molecular complexity index is 568. The molecule has 0 amide bonds. The van der Waals surface area contributed by atoms with Gasteiger partial charge in [0, 0.05) is 18.0 Å². The van der Waals surface area contributed by atoms with Crippen molar-refractivity contribution in [3.63, 3.8) is 0 Å². The maximum atomic E-state index is 11.6. The molecule has 0 saturated carbocycles. The minimum Gasteiger partial charge on any atom is -0.332 e. The van der Waals surface area contributed by atoms with E-state index in [1.54, 1.807) is 36.5 Å². The second-order valence-corrected chi connectivity index (χ2v) is 3.82. The van der Waals surface area contributed by atoms with Gasteiger partial charge in [0.1, 0.15) is 0 Å². The molecule has 0 bridgehead atoms. The van der Waals surface area contributed by atoms with Crippen molar-refractivity contribution in [1.29, 1.82) is 0 Å². The van der Waals surface area contributed by atoms with Crippen LogP contribution >= 0.6 is 24.4 Å². The first-order chi connectivity index (χ1) is 7.72. The highest BCUT2D eigenvalue weighted by Gasteiger charge is 2.04. The molecule has 0 unspecified atom stereocenters. The van der Waals surface area contributed by atoms with Gasteiger partial charge in [0.2, 0.25) is 0 Å². The minimum absolute atomic E-state index is 0.115. The van der Waals surface area contributed by atoms with E-state index < -0.39 is 0 Å². The first-order valence-electron chi connectivity index (χ1n) is 4.60. The number of benzene rings is 1. The smallest absolute Gasteiger partial charge is 0.255 e. The molecule has 1 heterocycles. The van der Waals surface area contributed by atoms with Crippen molar-refractivity contribution in [2.45, 2.75) is 0 Å². The molecule has 1 aromatic carbocycles. The Morgan fingerprint density at radius 3 is 2.69 bits per heavy atom. The van der Waals surface area contributed by atoms with Crippen LogP contribution in [0.3, 0.4) is 0 Å². The van der Waals surface area contributed by atoms with E-state index in [1.807, 2.05) is 0 Å². The van der Waals surface area contributed by atoms with Gasteiger partial charge in [-0.2, -0.15) is 0 Å². The van der Waals surface area contributed by atoms with E-state index in [2.05, 4.69) is 17.5 Å². The third-order valence-electron chi connectivity index (χ3n) is 2.16. The molecule has 0 atom stereocenters. The second-order valence-electron chi connectivity index (χ2n) is 3.19. The summed E-state index contributed by atoms with van der Waals surface area (Å²) < 4.78 is 4.17. The monoisotopic (exact) mass is 252 g/mol. The third kappa shape index (κ3) is 2.08. The fourth-order valence-corrected chi connectivity index (χ4v) is 1.81. The first-order valence-corrected chi connectivity index (χ1v) is 5.42. The summed E-state index contributed by atoms with van der Waals surface area (Å²) in [5.74, 6) is 0. The number of pyridine rings is 1. The Morgan fingerprint density at radius 1 is 1.25 bits per heavy atom. The summed E-state index contributed by atoms with van der Waals surface area (Å²) in [6.07, 6.45) is 1.68. The third-order valence-corrected chi connectivity index (χ3v) is 2.72. The van der Waals surface area contributed by atoms with Gasteiger partial charge in [-0.15, -0.1) is 0 Å². The minimum atomic E-state index is -0.115. The number of rotatable bonds is 2. The van der Waals surface area contributed by atoms with Gasteiger partial charge in [0.25, 0.3) is 5.56 Å². The number of thiol groups is 1. The highest BCUT2D eigenvalue weighted by molar-refractivity contribution is 7.81. The van der Waals surface area contributed by atoms with Crippen LogP contribution in [-0.4, -0.2) is 4.57 Å². The molecule has 0 aliphatic heterocycles. The number of hydrogen-bond acceptors (Lipinski definition) is 3. The Kier molecular flexibility index (Phi) is 3.22. The summed E-state index contributed by atoms with van der Waals surface area (Å²) in [5, 5.41) is 0.493. The molecule has 0 fully saturated rings. The summed E-state index contributed by atoms with van der Waals surface area (Å²) in [4.78, 5) is 11.6. The van der Waals surface area contributed by atoms with Gasteiger partial charge in [-0.25, -0.2) is 0 Å². The standard InChI is InChI=1S/C11H9ClN2OS/c12-9-7-8(13-16)4-5-10(9)14-6-2-1-3-11(14)15/h1-7,13,16H. The Labute approximate surface area is 103 Å². The van der Waals surface area contributed by atoms with Crippen LogP contribution in [0.25, 0.3) is 5.69 Å². The molecule has 82 valence electrons. The zero-order valence-corrected chi connectivity index (χ0v) is 9.87. The summed E-state index contributed by atoms with van der Waals surface area (Å²) in [7, 11) is 0. The predicted octanol–water partition coefficient (Wildman–Crippen LogP) is 2.75. The molecule has 1 N–H and O–H groups in total. The Morgan fingerprint density at radius 2 is 2.06 bits per heavy atom. The lowest BCUT2D eigenvalue weighted by molar-refractivity contribution is 0.991. The van der Waals surface area contributed by atoms with Crippen LogP contribution in [0.1, 0.15) is 0 Å². The van der Waals surface area contributed by atoms with E-state index in [1.165, 1.54) is 10.6 Å². The maximum absolute atomic E-state index is 11.6. The summed E-state index contributed by atoms with van der Waals surface area (Å²) in [6, 6.07) is 10.2. The lowest BCUT2D eigenvalue weighted by atomic mass is 10.2. The van der Waals surface area contributed by atoms with Crippen molar-refractivity contribution in [2.75, 3.05) is 4.72 Å². The van der Waals surface area contributed by atoms with Crippen LogP contribution in [-0.2, 0) is 0 Å². The molecule has 0 spiro atoms. The summed E-state index contributed by atoms with van der Waals surface area (Å²) >= 11 is 10.0. The average Bonchev–Trinajstić information content (AvgIpc) is 2.30. The molecule has 1 aromatic heterocycles. The van der Waals surface area contributed by atoms with Crippen molar-refractivity contribution >= 4 is 30.1 Å². The highest BCUT2D eigenvalue weighted by Crippen LogP contribution is 2.23. The molecule has 5 heteroatoms. The SMILES string of the molecule is O=c1ccccn1-c1ccc(NS)cc1Cl. The van der Waals surface area contributed by atoms with Gasteiger partial charge < -0.3 is 4.72 Å². The first kappa shape index (κ1) is 11.1. The van der Waals surface area contributed by atoms with Crippen LogP contribution in [0.5, 0.6) is 0 Å². The van der Waals surface area contributed by atoms with Gasteiger partial charge in [-0.1, -0.05) is 30.5 Å². The zero-order chi connectivity index (χ0) is 11.5. The average molecular weight is 253 g/mol. The van der Waals surface area contributed by atoms with Crippen LogP contribution in [0.2, 0.25) is 5.02 Å².